The molecule has 2 amide bonds. The highest BCUT2D eigenvalue weighted by Crippen LogP contribution is 2.25. The van der Waals surface area contributed by atoms with Crippen LogP contribution in [0.5, 0.6) is 0 Å². The van der Waals surface area contributed by atoms with E-state index in [9.17, 15) is 18.8 Å². The Hall–Kier alpha value is -2.74. The molecule has 1 aliphatic heterocycles. The van der Waals surface area contributed by atoms with Gasteiger partial charge < -0.3 is 15.3 Å². The van der Waals surface area contributed by atoms with Crippen molar-refractivity contribution in [1.29, 1.82) is 0 Å². The van der Waals surface area contributed by atoms with Gasteiger partial charge in [-0.3, -0.25) is 9.59 Å². The Morgan fingerprint density at radius 3 is 2.58 bits per heavy atom. The maximum Gasteiger partial charge on any atom is 0.345 e. The number of nitrogens with zero attached hydrogens (tertiary/aromatic N) is 1. The summed E-state index contributed by atoms with van der Waals surface area (Å²) in [4.78, 5) is 37.0. The summed E-state index contributed by atoms with van der Waals surface area (Å²) >= 11 is 0.837. The van der Waals surface area contributed by atoms with Crippen molar-refractivity contribution in [2.24, 2.45) is 0 Å². The van der Waals surface area contributed by atoms with Gasteiger partial charge in [0.1, 0.15) is 16.7 Å². The predicted octanol–water partition coefficient (Wildman–Crippen LogP) is 2.12. The third-order valence-electron chi connectivity index (χ3n) is 3.69. The van der Waals surface area contributed by atoms with Crippen molar-refractivity contribution >= 4 is 34.8 Å². The first-order valence-electron chi connectivity index (χ1n) is 7.17. The van der Waals surface area contributed by atoms with Crippen LogP contribution in [0.2, 0.25) is 0 Å². The first-order valence-corrected chi connectivity index (χ1v) is 7.99. The van der Waals surface area contributed by atoms with Crippen LogP contribution < -0.4 is 10.2 Å². The zero-order valence-electron chi connectivity index (χ0n) is 12.4. The Morgan fingerprint density at radius 2 is 1.92 bits per heavy atom. The number of hydrogen-bond donors (Lipinski definition) is 2. The van der Waals surface area contributed by atoms with E-state index in [2.05, 4.69) is 5.32 Å². The number of amides is 2. The zero-order valence-corrected chi connectivity index (χ0v) is 13.2. The first kappa shape index (κ1) is 16.1. The number of para-hydroxylation sites is 1. The number of rotatable bonds is 4. The molecule has 8 heteroatoms. The summed E-state index contributed by atoms with van der Waals surface area (Å²) in [5.41, 5.74) is 0.184. The Labute approximate surface area is 140 Å². The van der Waals surface area contributed by atoms with Gasteiger partial charge in [-0.1, -0.05) is 12.1 Å². The molecule has 3 rings (SSSR count). The van der Waals surface area contributed by atoms with E-state index in [1.54, 1.807) is 6.07 Å². The molecule has 0 saturated carbocycles. The molecule has 2 heterocycles. The van der Waals surface area contributed by atoms with Gasteiger partial charge in [0.2, 0.25) is 5.91 Å². The van der Waals surface area contributed by atoms with Crippen molar-refractivity contribution in [3.63, 3.8) is 0 Å². The largest absolute Gasteiger partial charge is 0.477 e. The summed E-state index contributed by atoms with van der Waals surface area (Å²) in [5, 5.41) is 11.5. The lowest BCUT2D eigenvalue weighted by atomic mass is 10.2. The molecule has 0 unspecified atom stereocenters. The van der Waals surface area contributed by atoms with Gasteiger partial charge in [0.05, 0.1) is 10.6 Å². The second-order valence-electron chi connectivity index (χ2n) is 5.23. The zero-order chi connectivity index (χ0) is 17.3. The van der Waals surface area contributed by atoms with E-state index in [0.29, 0.717) is 13.0 Å². The number of carboxylic acids is 1. The molecule has 2 aromatic rings. The normalized spacial score (nSPS) is 17.1. The molecular formula is C16H13FN2O4S. The van der Waals surface area contributed by atoms with Crippen molar-refractivity contribution < 1.29 is 23.9 Å². The minimum Gasteiger partial charge on any atom is -0.477 e. The first-order chi connectivity index (χ1) is 11.5. The third-order valence-corrected chi connectivity index (χ3v) is 4.77. The van der Waals surface area contributed by atoms with Gasteiger partial charge in [-0.05, 0) is 30.7 Å². The monoisotopic (exact) mass is 348 g/mol. The van der Waals surface area contributed by atoms with Crippen LogP contribution in [0, 0.1) is 5.82 Å². The lowest BCUT2D eigenvalue weighted by molar-refractivity contribution is -0.118. The minimum absolute atomic E-state index is 0.0471. The molecule has 1 atom stereocenters. The molecular weight excluding hydrogens is 335 g/mol. The molecule has 2 N–H and O–H groups in total. The lowest BCUT2D eigenvalue weighted by Crippen LogP contribution is -2.41. The van der Waals surface area contributed by atoms with Crippen LogP contribution in [-0.4, -0.2) is 35.5 Å². The van der Waals surface area contributed by atoms with Crippen molar-refractivity contribution in [2.75, 3.05) is 11.4 Å². The number of thiophene rings is 1. The number of carbonyl (C=O) groups excluding carboxylic acids is 2. The number of aromatic carboxylic acids is 1. The highest BCUT2D eigenvalue weighted by atomic mass is 32.1. The fourth-order valence-corrected chi connectivity index (χ4v) is 3.28. The topological polar surface area (TPSA) is 86.7 Å². The number of benzene rings is 1. The molecule has 0 bridgehead atoms. The van der Waals surface area contributed by atoms with E-state index < -0.39 is 23.7 Å². The average molecular weight is 348 g/mol. The van der Waals surface area contributed by atoms with Gasteiger partial charge in [0.25, 0.3) is 5.91 Å². The Kier molecular flexibility index (Phi) is 4.30. The fraction of sp³-hybridized carbons (Fsp3) is 0.188. The Morgan fingerprint density at radius 1 is 1.21 bits per heavy atom. The van der Waals surface area contributed by atoms with E-state index in [0.717, 1.165) is 11.3 Å². The second kappa shape index (κ2) is 6.40. The molecule has 1 aromatic carbocycles. The van der Waals surface area contributed by atoms with E-state index in [1.165, 1.54) is 35.2 Å². The molecule has 124 valence electrons. The summed E-state index contributed by atoms with van der Waals surface area (Å²) in [5.74, 6) is -2.51. The highest BCUT2D eigenvalue weighted by Gasteiger charge is 2.35. The number of carbonyl (C=O) groups is 3. The molecule has 0 aliphatic carbocycles. The van der Waals surface area contributed by atoms with Crippen LogP contribution in [0.4, 0.5) is 10.1 Å². The fourth-order valence-electron chi connectivity index (χ4n) is 2.53. The smallest absolute Gasteiger partial charge is 0.345 e. The SMILES string of the molecule is O=C(O)c1ccc(C(=O)N[C@H]2CCN(c3ccccc3F)C2=O)s1. The number of carboxylic acid groups (broad SMARTS) is 1. The van der Waals surface area contributed by atoms with E-state index in [-0.39, 0.29) is 21.3 Å². The van der Waals surface area contributed by atoms with Crippen LogP contribution >= 0.6 is 11.3 Å². The van der Waals surface area contributed by atoms with Gasteiger partial charge in [0.15, 0.2) is 0 Å². The molecule has 1 aliphatic rings. The summed E-state index contributed by atoms with van der Waals surface area (Å²) in [6.07, 6.45) is 0.357. The van der Waals surface area contributed by atoms with Crippen LogP contribution in [-0.2, 0) is 4.79 Å². The molecule has 1 fully saturated rings. The predicted molar refractivity (Wildman–Crippen MR) is 85.9 cm³/mol. The van der Waals surface area contributed by atoms with Crippen LogP contribution in [0.1, 0.15) is 25.8 Å². The van der Waals surface area contributed by atoms with Gasteiger partial charge >= 0.3 is 5.97 Å². The van der Waals surface area contributed by atoms with Crippen molar-refractivity contribution in [1.82, 2.24) is 5.32 Å². The number of anilines is 1. The van der Waals surface area contributed by atoms with Crippen molar-refractivity contribution in [3.8, 4) is 0 Å². The molecule has 0 spiro atoms. The molecule has 6 nitrogen and oxygen atoms in total. The quantitative estimate of drug-likeness (QED) is 0.886. The molecule has 1 saturated heterocycles. The van der Waals surface area contributed by atoms with E-state index in [1.807, 2.05) is 0 Å². The summed E-state index contributed by atoms with van der Waals surface area (Å²) < 4.78 is 13.8. The highest BCUT2D eigenvalue weighted by molar-refractivity contribution is 7.15. The van der Waals surface area contributed by atoms with Crippen LogP contribution in [0.25, 0.3) is 0 Å². The summed E-state index contributed by atoms with van der Waals surface area (Å²) in [6.45, 7) is 0.301. The Balaban J connectivity index is 1.70. The number of nitrogens with one attached hydrogen (secondary N) is 1. The van der Waals surface area contributed by atoms with Gasteiger partial charge in [-0.2, -0.15) is 0 Å². The molecule has 24 heavy (non-hydrogen) atoms. The lowest BCUT2D eigenvalue weighted by Gasteiger charge is -2.17. The van der Waals surface area contributed by atoms with Crippen molar-refractivity contribution in [2.45, 2.75) is 12.5 Å². The summed E-state index contributed by atoms with van der Waals surface area (Å²) in [6, 6.07) is 7.93. The minimum atomic E-state index is -1.11. The number of halogens is 1. The molecule has 0 radical (unpaired) electrons. The average Bonchev–Trinajstić information content (AvgIpc) is 3.17. The number of hydrogen-bond acceptors (Lipinski definition) is 4. The maximum atomic E-state index is 13.8. The molecule has 1 aromatic heterocycles. The van der Waals surface area contributed by atoms with Crippen molar-refractivity contribution in [3.05, 3.63) is 52.0 Å². The van der Waals surface area contributed by atoms with Gasteiger partial charge in [0, 0.05) is 6.54 Å². The van der Waals surface area contributed by atoms with Gasteiger partial charge in [-0.25, -0.2) is 9.18 Å². The Bertz CT molecular complexity index is 820. The third kappa shape index (κ3) is 3.00. The maximum absolute atomic E-state index is 13.8. The van der Waals surface area contributed by atoms with Crippen LogP contribution in [0.15, 0.2) is 36.4 Å². The van der Waals surface area contributed by atoms with Crippen LogP contribution in [0.3, 0.4) is 0 Å². The summed E-state index contributed by atoms with van der Waals surface area (Å²) in [7, 11) is 0. The second-order valence-corrected chi connectivity index (χ2v) is 6.31. The standard InChI is InChI=1S/C16H13FN2O4S/c17-9-3-1-2-4-11(9)19-8-7-10(15(19)21)18-14(20)12-5-6-13(24-12)16(22)23/h1-6,10H,7-8H2,(H,18,20)(H,22,23)/t10-/m0/s1. The van der Waals surface area contributed by atoms with Gasteiger partial charge in [-0.15, -0.1) is 11.3 Å². The van der Waals surface area contributed by atoms with E-state index in [4.69, 9.17) is 5.11 Å². The van der Waals surface area contributed by atoms with E-state index >= 15 is 0 Å².